The van der Waals surface area contributed by atoms with E-state index in [0.717, 1.165) is 5.56 Å². The molecule has 0 amide bonds. The van der Waals surface area contributed by atoms with Crippen molar-refractivity contribution < 1.29 is 9.52 Å². The fourth-order valence-corrected chi connectivity index (χ4v) is 2.52. The fourth-order valence-electron chi connectivity index (χ4n) is 2.52. The maximum absolute atomic E-state index is 12.2. The largest absolute Gasteiger partial charge is 0.507 e. The first-order valence-electron chi connectivity index (χ1n) is 7.25. The molecule has 0 atom stereocenters. The number of rotatable bonds is 2. The van der Waals surface area contributed by atoms with Crippen molar-refractivity contribution in [2.45, 2.75) is 6.92 Å². The first kappa shape index (κ1) is 14.1. The predicted molar refractivity (Wildman–Crippen MR) is 86.6 cm³/mol. The van der Waals surface area contributed by atoms with Gasteiger partial charge in [0.25, 0.3) is 5.78 Å². The summed E-state index contributed by atoms with van der Waals surface area (Å²) in [6, 6.07) is 12.4. The Morgan fingerprint density at radius 2 is 1.96 bits per heavy atom. The third kappa shape index (κ3) is 2.23. The van der Waals surface area contributed by atoms with Crippen LogP contribution in [0.1, 0.15) is 5.76 Å². The molecule has 7 nitrogen and oxygen atoms in total. The minimum Gasteiger partial charge on any atom is -0.507 e. The van der Waals surface area contributed by atoms with Gasteiger partial charge in [0.15, 0.2) is 5.82 Å². The highest BCUT2D eigenvalue weighted by Gasteiger charge is 2.18. The van der Waals surface area contributed by atoms with Crippen LogP contribution in [0.4, 0.5) is 0 Å². The molecule has 0 bridgehead atoms. The Bertz CT molecular complexity index is 1100. The smallest absolute Gasteiger partial charge is 0.349 e. The average molecular weight is 320 g/mol. The summed E-state index contributed by atoms with van der Waals surface area (Å²) in [5.41, 5.74) is 0.573. The lowest BCUT2D eigenvalue weighted by Crippen LogP contribution is -2.08. The number of aromatic hydroxyl groups is 1. The van der Waals surface area contributed by atoms with E-state index >= 15 is 0 Å². The van der Waals surface area contributed by atoms with Gasteiger partial charge in [0.05, 0.1) is 5.69 Å². The van der Waals surface area contributed by atoms with Crippen LogP contribution >= 0.6 is 0 Å². The molecule has 1 N–H and O–H groups in total. The summed E-state index contributed by atoms with van der Waals surface area (Å²) in [6.45, 7) is 1.59. The first-order valence-corrected chi connectivity index (χ1v) is 7.25. The molecule has 0 radical (unpaired) electrons. The minimum absolute atomic E-state index is 0.0255. The summed E-state index contributed by atoms with van der Waals surface area (Å²) in [5.74, 6) is 0.959. The average Bonchev–Trinajstić information content (AvgIpc) is 3.00. The second-order valence-corrected chi connectivity index (χ2v) is 5.25. The molecule has 0 aliphatic rings. The molecule has 4 rings (SSSR count). The van der Waals surface area contributed by atoms with Gasteiger partial charge in [-0.1, -0.05) is 30.3 Å². The van der Waals surface area contributed by atoms with Crippen LogP contribution in [-0.4, -0.2) is 24.7 Å². The lowest BCUT2D eigenvalue weighted by atomic mass is 10.2. The molecule has 0 fully saturated rings. The van der Waals surface area contributed by atoms with E-state index in [1.165, 1.54) is 16.8 Å². The third-order valence-electron chi connectivity index (χ3n) is 3.58. The van der Waals surface area contributed by atoms with E-state index in [-0.39, 0.29) is 11.3 Å². The summed E-state index contributed by atoms with van der Waals surface area (Å²) >= 11 is 0. The zero-order chi connectivity index (χ0) is 16.7. The summed E-state index contributed by atoms with van der Waals surface area (Å²) in [5, 5.41) is 14.6. The normalized spacial score (nSPS) is 11.0. The SMILES string of the molecule is Cc1cc(O)c(-c2ccnc3nc(-c4ccccc4)nn23)c(=O)o1. The van der Waals surface area contributed by atoms with E-state index in [1.807, 2.05) is 30.3 Å². The standard InChI is InChI=1S/C17H12N4O3/c1-10-9-13(22)14(16(23)24-10)12-7-8-18-17-19-15(20-21(12)17)11-5-3-2-4-6-11/h2-9,22H,1H3. The Morgan fingerprint density at radius 1 is 1.17 bits per heavy atom. The molecule has 0 aliphatic carbocycles. The van der Waals surface area contributed by atoms with Gasteiger partial charge in [0.2, 0.25) is 0 Å². The Balaban J connectivity index is 1.98. The highest BCUT2D eigenvalue weighted by atomic mass is 16.4. The molecule has 3 aromatic heterocycles. The van der Waals surface area contributed by atoms with Crippen molar-refractivity contribution in [2.75, 3.05) is 0 Å². The maximum atomic E-state index is 12.2. The number of hydrogen-bond acceptors (Lipinski definition) is 6. The van der Waals surface area contributed by atoms with Gasteiger partial charge in [-0.2, -0.15) is 9.50 Å². The van der Waals surface area contributed by atoms with Crippen LogP contribution in [0.5, 0.6) is 5.75 Å². The Morgan fingerprint density at radius 3 is 2.71 bits per heavy atom. The van der Waals surface area contributed by atoms with Gasteiger partial charge in [-0.25, -0.2) is 9.78 Å². The van der Waals surface area contributed by atoms with Gasteiger partial charge in [-0.3, -0.25) is 0 Å². The predicted octanol–water partition coefficient (Wildman–Crippen LogP) is 2.43. The number of fused-ring (bicyclic) bond motifs is 1. The molecule has 0 spiro atoms. The second kappa shape index (κ2) is 5.31. The molecule has 3 heterocycles. The van der Waals surface area contributed by atoms with E-state index in [1.54, 1.807) is 13.0 Å². The van der Waals surface area contributed by atoms with Gasteiger partial charge < -0.3 is 9.52 Å². The van der Waals surface area contributed by atoms with Crippen LogP contribution in [-0.2, 0) is 0 Å². The maximum Gasteiger partial charge on any atom is 0.349 e. The Kier molecular flexibility index (Phi) is 3.13. The summed E-state index contributed by atoms with van der Waals surface area (Å²) in [6.07, 6.45) is 1.51. The first-order chi connectivity index (χ1) is 11.6. The molecule has 0 saturated heterocycles. The van der Waals surface area contributed by atoms with E-state index in [9.17, 15) is 9.90 Å². The van der Waals surface area contributed by atoms with Crippen molar-refractivity contribution in [3.8, 4) is 28.4 Å². The van der Waals surface area contributed by atoms with E-state index in [0.29, 0.717) is 23.1 Å². The van der Waals surface area contributed by atoms with Gasteiger partial charge >= 0.3 is 5.63 Å². The molecule has 0 saturated carbocycles. The monoisotopic (exact) mass is 320 g/mol. The van der Waals surface area contributed by atoms with Crippen LogP contribution < -0.4 is 5.63 Å². The van der Waals surface area contributed by atoms with Gasteiger partial charge in [-0.15, -0.1) is 5.10 Å². The van der Waals surface area contributed by atoms with Crippen LogP contribution in [0, 0.1) is 6.92 Å². The number of hydrogen-bond donors (Lipinski definition) is 1. The number of aryl methyl sites for hydroxylation is 1. The third-order valence-corrected chi connectivity index (χ3v) is 3.58. The highest BCUT2D eigenvalue weighted by molar-refractivity contribution is 5.68. The topological polar surface area (TPSA) is 93.5 Å². The van der Waals surface area contributed by atoms with Crippen LogP contribution in [0.3, 0.4) is 0 Å². The molecule has 118 valence electrons. The van der Waals surface area contributed by atoms with Crippen molar-refractivity contribution in [3.05, 3.63) is 64.8 Å². The molecular weight excluding hydrogens is 308 g/mol. The van der Waals surface area contributed by atoms with Crippen LogP contribution in [0.15, 0.2) is 57.9 Å². The molecule has 1 aromatic carbocycles. The molecule has 7 heteroatoms. The van der Waals surface area contributed by atoms with Crippen molar-refractivity contribution in [2.24, 2.45) is 0 Å². The Hall–Kier alpha value is -3.48. The zero-order valence-corrected chi connectivity index (χ0v) is 12.7. The number of aromatic nitrogens is 4. The van der Waals surface area contributed by atoms with Gasteiger partial charge in [0, 0.05) is 17.8 Å². The van der Waals surface area contributed by atoms with Crippen molar-refractivity contribution in [1.29, 1.82) is 0 Å². The van der Waals surface area contributed by atoms with Crippen LogP contribution in [0.25, 0.3) is 28.4 Å². The van der Waals surface area contributed by atoms with Gasteiger partial charge in [-0.05, 0) is 13.0 Å². The molecule has 0 unspecified atom stereocenters. The second-order valence-electron chi connectivity index (χ2n) is 5.25. The Labute approximate surface area is 135 Å². The van der Waals surface area contributed by atoms with Crippen molar-refractivity contribution in [3.63, 3.8) is 0 Å². The molecular formula is C17H12N4O3. The summed E-state index contributed by atoms with van der Waals surface area (Å²) in [7, 11) is 0. The number of nitrogens with zero attached hydrogens (tertiary/aromatic N) is 4. The van der Waals surface area contributed by atoms with Gasteiger partial charge in [0.1, 0.15) is 17.1 Å². The summed E-state index contributed by atoms with van der Waals surface area (Å²) in [4.78, 5) is 20.7. The molecule has 4 aromatic rings. The van der Waals surface area contributed by atoms with Crippen LogP contribution in [0.2, 0.25) is 0 Å². The van der Waals surface area contributed by atoms with E-state index in [4.69, 9.17) is 4.42 Å². The zero-order valence-electron chi connectivity index (χ0n) is 12.7. The number of benzene rings is 1. The van der Waals surface area contributed by atoms with E-state index < -0.39 is 5.63 Å². The minimum atomic E-state index is -0.642. The van der Waals surface area contributed by atoms with Crippen molar-refractivity contribution >= 4 is 5.78 Å². The van der Waals surface area contributed by atoms with E-state index in [2.05, 4.69) is 15.1 Å². The molecule has 24 heavy (non-hydrogen) atoms. The lowest BCUT2D eigenvalue weighted by molar-refractivity contribution is 0.437. The fraction of sp³-hybridized carbons (Fsp3) is 0.0588. The quantitative estimate of drug-likeness (QED) is 0.609. The highest BCUT2D eigenvalue weighted by Crippen LogP contribution is 2.27. The lowest BCUT2D eigenvalue weighted by Gasteiger charge is -2.05. The summed E-state index contributed by atoms with van der Waals surface area (Å²) < 4.78 is 6.51. The van der Waals surface area contributed by atoms with Crippen molar-refractivity contribution in [1.82, 2.24) is 19.6 Å². The molecule has 0 aliphatic heterocycles.